The average Bonchev–Trinajstić information content (AvgIpc) is 2.89. The van der Waals surface area contributed by atoms with E-state index >= 15 is 0 Å². The average molecular weight is 318 g/mol. The van der Waals surface area contributed by atoms with E-state index in [1.165, 1.54) is 0 Å². The van der Waals surface area contributed by atoms with E-state index in [1.54, 1.807) is 24.3 Å². The monoisotopic (exact) mass is 318 g/mol. The van der Waals surface area contributed by atoms with E-state index in [0.29, 0.717) is 5.56 Å². The van der Waals surface area contributed by atoms with Crippen molar-refractivity contribution >= 4 is 18.2 Å². The van der Waals surface area contributed by atoms with Crippen molar-refractivity contribution in [2.24, 2.45) is 4.99 Å². The summed E-state index contributed by atoms with van der Waals surface area (Å²) in [4.78, 5) is 29.3. The van der Waals surface area contributed by atoms with Crippen LogP contribution in [-0.4, -0.2) is 44.5 Å². The minimum Gasteiger partial charge on any atom is -0.481 e. The largest absolute Gasteiger partial charge is 0.481 e. The molecule has 8 nitrogen and oxygen atoms in total. The molecule has 120 valence electrons. The highest BCUT2D eigenvalue weighted by Crippen LogP contribution is 2.25. The Kier molecular flexibility index (Phi) is 5.08. The van der Waals surface area contributed by atoms with Gasteiger partial charge in [0.2, 0.25) is 5.89 Å². The number of aromatic hydroxyl groups is 1. The van der Waals surface area contributed by atoms with Crippen molar-refractivity contribution in [1.82, 2.24) is 4.98 Å². The first-order valence-electron chi connectivity index (χ1n) is 6.70. The minimum absolute atomic E-state index is 0.0228. The Bertz CT molecular complexity index is 723. The van der Waals surface area contributed by atoms with Crippen molar-refractivity contribution in [2.45, 2.75) is 18.9 Å². The zero-order valence-electron chi connectivity index (χ0n) is 11.9. The summed E-state index contributed by atoms with van der Waals surface area (Å²) in [6.45, 7) is 0. The number of aliphatic carboxylic acids is 2. The predicted molar refractivity (Wildman–Crippen MR) is 79.5 cm³/mol. The highest BCUT2D eigenvalue weighted by Gasteiger charge is 2.18. The second kappa shape index (κ2) is 7.21. The van der Waals surface area contributed by atoms with Gasteiger partial charge in [-0.1, -0.05) is 18.2 Å². The van der Waals surface area contributed by atoms with Gasteiger partial charge in [-0.2, -0.15) is 0 Å². The Morgan fingerprint density at radius 1 is 1.26 bits per heavy atom. The van der Waals surface area contributed by atoms with Gasteiger partial charge in [0.05, 0.1) is 6.21 Å². The highest BCUT2D eigenvalue weighted by atomic mass is 16.5. The maximum atomic E-state index is 11.0. The van der Waals surface area contributed by atoms with Crippen LogP contribution in [0.4, 0.5) is 0 Å². The molecule has 1 aromatic heterocycles. The van der Waals surface area contributed by atoms with Crippen molar-refractivity contribution in [3.8, 4) is 17.4 Å². The minimum atomic E-state index is -1.26. The van der Waals surface area contributed by atoms with Crippen LogP contribution in [0.2, 0.25) is 0 Å². The molecular weight excluding hydrogens is 304 g/mol. The second-order valence-electron chi connectivity index (χ2n) is 4.64. The van der Waals surface area contributed by atoms with Crippen LogP contribution in [0.15, 0.2) is 39.7 Å². The Morgan fingerprint density at radius 2 is 1.96 bits per heavy atom. The number of carbonyl (C=O) groups is 2. The lowest BCUT2D eigenvalue weighted by Gasteiger charge is -2.04. The molecule has 2 rings (SSSR count). The third kappa shape index (κ3) is 4.40. The molecule has 0 saturated heterocycles. The van der Waals surface area contributed by atoms with Crippen LogP contribution in [0.5, 0.6) is 5.95 Å². The van der Waals surface area contributed by atoms with Crippen LogP contribution in [0, 0.1) is 0 Å². The molecule has 1 atom stereocenters. The van der Waals surface area contributed by atoms with Gasteiger partial charge in [0.25, 0.3) is 0 Å². The van der Waals surface area contributed by atoms with Crippen LogP contribution in [0.25, 0.3) is 11.5 Å². The van der Waals surface area contributed by atoms with Gasteiger partial charge >= 0.3 is 17.9 Å². The molecule has 0 aliphatic heterocycles. The molecule has 1 heterocycles. The molecule has 23 heavy (non-hydrogen) atoms. The summed E-state index contributed by atoms with van der Waals surface area (Å²) in [5, 5.41) is 27.3. The van der Waals surface area contributed by atoms with Gasteiger partial charge in [-0.15, -0.1) is 0 Å². The van der Waals surface area contributed by atoms with E-state index < -0.39 is 23.9 Å². The van der Waals surface area contributed by atoms with Crippen molar-refractivity contribution < 1.29 is 29.3 Å². The molecule has 0 aliphatic rings. The van der Waals surface area contributed by atoms with Crippen molar-refractivity contribution in [1.29, 1.82) is 0 Å². The lowest BCUT2D eigenvalue weighted by atomic mass is 10.1. The number of aromatic nitrogens is 1. The standard InChI is InChI=1S/C15H14N2O6/c18-12(19)7-6-10(14(20)21)16-8-11-15(22)23-13(17-11)9-4-2-1-3-5-9/h1-5,8,10,22H,6-7H2,(H,18,19)(H,20,21). The van der Waals surface area contributed by atoms with E-state index in [9.17, 15) is 14.7 Å². The van der Waals surface area contributed by atoms with Crippen LogP contribution >= 0.6 is 0 Å². The third-order valence-corrected chi connectivity index (χ3v) is 2.95. The zero-order valence-corrected chi connectivity index (χ0v) is 11.9. The van der Waals surface area contributed by atoms with Gasteiger partial charge < -0.3 is 19.7 Å². The topological polar surface area (TPSA) is 133 Å². The van der Waals surface area contributed by atoms with Gasteiger partial charge in [0.1, 0.15) is 6.04 Å². The Hall–Kier alpha value is -3.16. The summed E-state index contributed by atoms with van der Waals surface area (Å²) in [6, 6.07) is 7.60. The van der Waals surface area contributed by atoms with E-state index in [0.717, 1.165) is 6.21 Å². The molecule has 0 amide bonds. The molecule has 0 bridgehead atoms. The first kappa shape index (κ1) is 16.2. The zero-order chi connectivity index (χ0) is 16.8. The van der Waals surface area contributed by atoms with E-state index in [4.69, 9.17) is 14.6 Å². The number of nitrogens with zero attached hydrogens (tertiary/aromatic N) is 2. The van der Waals surface area contributed by atoms with E-state index in [2.05, 4.69) is 9.98 Å². The molecule has 0 radical (unpaired) electrons. The Morgan fingerprint density at radius 3 is 2.57 bits per heavy atom. The summed E-state index contributed by atoms with van der Waals surface area (Å²) < 4.78 is 5.10. The number of benzene rings is 1. The fourth-order valence-corrected chi connectivity index (χ4v) is 1.79. The van der Waals surface area contributed by atoms with Crippen LogP contribution in [0.1, 0.15) is 18.5 Å². The molecule has 1 aromatic carbocycles. The molecular formula is C15H14N2O6. The fraction of sp³-hybridized carbons (Fsp3) is 0.200. The van der Waals surface area contributed by atoms with Gasteiger partial charge in [-0.3, -0.25) is 9.79 Å². The van der Waals surface area contributed by atoms with Gasteiger partial charge in [-0.25, -0.2) is 9.78 Å². The maximum absolute atomic E-state index is 11.0. The van der Waals surface area contributed by atoms with Crippen LogP contribution < -0.4 is 0 Å². The molecule has 0 saturated carbocycles. The van der Waals surface area contributed by atoms with Gasteiger partial charge in [-0.05, 0) is 18.6 Å². The summed E-state index contributed by atoms with van der Waals surface area (Å²) in [6.07, 6.45) is 0.575. The lowest BCUT2D eigenvalue weighted by Crippen LogP contribution is -2.19. The van der Waals surface area contributed by atoms with E-state index in [-0.39, 0.29) is 24.4 Å². The summed E-state index contributed by atoms with van der Waals surface area (Å²) in [5.74, 6) is -2.69. The number of carboxylic acid groups (broad SMARTS) is 2. The number of rotatable bonds is 7. The number of hydrogen-bond acceptors (Lipinski definition) is 6. The molecule has 0 spiro atoms. The molecule has 2 aromatic rings. The SMILES string of the molecule is O=C(O)CCC(N=Cc1nc(-c2ccccc2)oc1O)C(=O)O. The number of hydrogen-bond donors (Lipinski definition) is 3. The number of oxazole rings is 1. The van der Waals surface area contributed by atoms with E-state index in [1.807, 2.05) is 6.07 Å². The maximum Gasteiger partial charge on any atom is 0.328 e. The molecule has 8 heteroatoms. The highest BCUT2D eigenvalue weighted by molar-refractivity contribution is 5.84. The van der Waals surface area contributed by atoms with Crippen LogP contribution in [0.3, 0.4) is 0 Å². The fourth-order valence-electron chi connectivity index (χ4n) is 1.79. The normalized spacial score (nSPS) is 12.3. The Balaban J connectivity index is 2.16. The van der Waals surface area contributed by atoms with Gasteiger partial charge in [0, 0.05) is 12.0 Å². The smallest absolute Gasteiger partial charge is 0.328 e. The van der Waals surface area contributed by atoms with Crippen molar-refractivity contribution in [2.75, 3.05) is 0 Å². The molecule has 0 fully saturated rings. The van der Waals surface area contributed by atoms with Crippen molar-refractivity contribution in [3.05, 3.63) is 36.0 Å². The first-order chi connectivity index (χ1) is 11.0. The molecule has 1 unspecified atom stereocenters. The third-order valence-electron chi connectivity index (χ3n) is 2.95. The number of aliphatic imine (C=N–C) groups is 1. The first-order valence-corrected chi connectivity index (χ1v) is 6.70. The predicted octanol–water partition coefficient (Wildman–Crippen LogP) is 1.78. The second-order valence-corrected chi connectivity index (χ2v) is 4.64. The summed E-state index contributed by atoms with van der Waals surface area (Å²) >= 11 is 0. The van der Waals surface area contributed by atoms with Gasteiger partial charge in [0.15, 0.2) is 5.69 Å². The summed E-state index contributed by atoms with van der Waals surface area (Å²) in [5.41, 5.74) is 0.619. The lowest BCUT2D eigenvalue weighted by molar-refractivity contribution is -0.139. The Labute approximate surface area is 130 Å². The molecule has 3 N–H and O–H groups in total. The number of carboxylic acids is 2. The summed E-state index contributed by atoms with van der Waals surface area (Å²) in [7, 11) is 0. The molecule has 0 aliphatic carbocycles. The quantitative estimate of drug-likeness (QED) is 0.662. The van der Waals surface area contributed by atoms with Crippen molar-refractivity contribution in [3.63, 3.8) is 0 Å². The van der Waals surface area contributed by atoms with Crippen LogP contribution in [-0.2, 0) is 9.59 Å².